The van der Waals surface area contributed by atoms with Gasteiger partial charge in [0.05, 0.1) is 12.2 Å². The molecule has 0 saturated heterocycles. The van der Waals surface area contributed by atoms with Crippen LogP contribution < -0.4 is 5.32 Å². The van der Waals surface area contributed by atoms with Crippen LogP contribution in [0.3, 0.4) is 0 Å². The zero-order valence-electron chi connectivity index (χ0n) is 15.1. The van der Waals surface area contributed by atoms with Gasteiger partial charge in [-0.15, -0.1) is 11.3 Å². The van der Waals surface area contributed by atoms with Gasteiger partial charge in [-0.2, -0.15) is 0 Å². The first kappa shape index (κ1) is 18.9. The summed E-state index contributed by atoms with van der Waals surface area (Å²) in [7, 11) is 0. The van der Waals surface area contributed by atoms with E-state index in [9.17, 15) is 9.59 Å². The topological polar surface area (TPSA) is 55.4 Å². The van der Waals surface area contributed by atoms with Crippen LogP contribution >= 0.6 is 11.3 Å². The highest BCUT2D eigenvalue weighted by Crippen LogP contribution is 2.36. The number of benzene rings is 2. The number of hydrogen-bond acceptors (Lipinski definition) is 4. The summed E-state index contributed by atoms with van der Waals surface area (Å²) in [5.74, 6) is -0.542. The van der Waals surface area contributed by atoms with Crippen molar-refractivity contribution in [3.8, 4) is 10.4 Å². The highest BCUT2D eigenvalue weighted by atomic mass is 32.1. The van der Waals surface area contributed by atoms with Crippen molar-refractivity contribution < 1.29 is 14.3 Å². The molecule has 1 aromatic heterocycles. The van der Waals surface area contributed by atoms with E-state index >= 15 is 0 Å². The molecule has 0 aliphatic rings. The molecular formula is C22H21NO3S. The van der Waals surface area contributed by atoms with Gasteiger partial charge in [-0.1, -0.05) is 60.7 Å². The van der Waals surface area contributed by atoms with Gasteiger partial charge in [0.25, 0.3) is 0 Å². The minimum Gasteiger partial charge on any atom is -0.462 e. The molecule has 3 aromatic rings. The van der Waals surface area contributed by atoms with E-state index < -0.39 is 5.97 Å². The average molecular weight is 379 g/mol. The standard InChI is InChI=1S/C22H21NO3S/c1-2-26-22(25)18-15-19(17-11-7-4-8-12-17)27-21(18)23-20(24)14-13-16-9-5-3-6-10-16/h3-12,15H,2,13-14H2,1H3,(H,23,24). The van der Waals surface area contributed by atoms with Crippen molar-refractivity contribution in [2.75, 3.05) is 11.9 Å². The molecule has 0 spiro atoms. The fourth-order valence-corrected chi connectivity index (χ4v) is 3.75. The van der Waals surface area contributed by atoms with Gasteiger partial charge < -0.3 is 10.1 Å². The van der Waals surface area contributed by atoms with Crippen molar-refractivity contribution in [1.29, 1.82) is 0 Å². The SMILES string of the molecule is CCOC(=O)c1cc(-c2ccccc2)sc1NC(=O)CCc1ccccc1. The number of thiophene rings is 1. The number of carbonyl (C=O) groups is 2. The van der Waals surface area contributed by atoms with Crippen LogP contribution in [0.5, 0.6) is 0 Å². The fourth-order valence-electron chi connectivity index (χ4n) is 2.68. The number of nitrogens with one attached hydrogen (secondary N) is 1. The van der Waals surface area contributed by atoms with Gasteiger partial charge in [0.2, 0.25) is 5.91 Å². The predicted molar refractivity (Wildman–Crippen MR) is 109 cm³/mol. The highest BCUT2D eigenvalue weighted by Gasteiger charge is 2.19. The largest absolute Gasteiger partial charge is 0.462 e. The molecule has 27 heavy (non-hydrogen) atoms. The minimum atomic E-state index is -0.422. The summed E-state index contributed by atoms with van der Waals surface area (Å²) < 4.78 is 5.15. The Morgan fingerprint density at radius 3 is 2.33 bits per heavy atom. The van der Waals surface area contributed by atoms with Crippen molar-refractivity contribution in [3.05, 3.63) is 77.9 Å². The maximum absolute atomic E-state index is 12.4. The van der Waals surface area contributed by atoms with Crippen molar-refractivity contribution in [3.63, 3.8) is 0 Å². The Morgan fingerprint density at radius 2 is 1.67 bits per heavy atom. The third-order valence-corrected chi connectivity index (χ3v) is 5.12. The maximum Gasteiger partial charge on any atom is 0.341 e. The van der Waals surface area contributed by atoms with Crippen LogP contribution in [-0.4, -0.2) is 18.5 Å². The van der Waals surface area contributed by atoms with Gasteiger partial charge in [0, 0.05) is 11.3 Å². The lowest BCUT2D eigenvalue weighted by molar-refractivity contribution is -0.116. The molecule has 1 amide bonds. The number of aryl methyl sites for hydroxylation is 1. The molecule has 0 saturated carbocycles. The fraction of sp³-hybridized carbons (Fsp3) is 0.182. The number of ether oxygens (including phenoxy) is 1. The van der Waals surface area contributed by atoms with Crippen molar-refractivity contribution in [2.45, 2.75) is 19.8 Å². The van der Waals surface area contributed by atoms with Crippen LogP contribution in [0.4, 0.5) is 5.00 Å². The van der Waals surface area contributed by atoms with E-state index in [0.29, 0.717) is 23.4 Å². The number of hydrogen-bond donors (Lipinski definition) is 1. The van der Waals surface area contributed by atoms with Gasteiger partial charge in [0.1, 0.15) is 5.00 Å². The molecule has 0 unspecified atom stereocenters. The van der Waals surface area contributed by atoms with Crippen LogP contribution in [0.25, 0.3) is 10.4 Å². The van der Waals surface area contributed by atoms with E-state index in [4.69, 9.17) is 4.74 Å². The normalized spacial score (nSPS) is 10.4. The maximum atomic E-state index is 12.4. The lowest BCUT2D eigenvalue weighted by atomic mass is 10.1. The van der Waals surface area contributed by atoms with Crippen molar-refractivity contribution in [2.24, 2.45) is 0 Å². The molecule has 0 fully saturated rings. The molecule has 2 aromatic carbocycles. The third kappa shape index (κ3) is 5.05. The molecule has 5 heteroatoms. The van der Waals surface area contributed by atoms with Crippen LogP contribution in [0, 0.1) is 0 Å². The molecule has 1 N–H and O–H groups in total. The van der Waals surface area contributed by atoms with Gasteiger partial charge in [-0.3, -0.25) is 4.79 Å². The summed E-state index contributed by atoms with van der Waals surface area (Å²) in [5, 5.41) is 3.42. The summed E-state index contributed by atoms with van der Waals surface area (Å²) in [5.41, 5.74) is 2.50. The minimum absolute atomic E-state index is 0.120. The van der Waals surface area contributed by atoms with Crippen LogP contribution in [-0.2, 0) is 16.0 Å². The molecule has 1 heterocycles. The van der Waals surface area contributed by atoms with Crippen molar-refractivity contribution >= 4 is 28.2 Å². The quantitative estimate of drug-likeness (QED) is 0.577. The summed E-state index contributed by atoms with van der Waals surface area (Å²) in [6, 6.07) is 21.4. The Morgan fingerprint density at radius 1 is 1.00 bits per heavy atom. The summed E-state index contributed by atoms with van der Waals surface area (Å²) in [4.78, 5) is 25.6. The molecule has 0 atom stereocenters. The van der Waals surface area contributed by atoms with Gasteiger partial charge in [0.15, 0.2) is 0 Å². The predicted octanol–water partition coefficient (Wildman–Crippen LogP) is 5.16. The third-order valence-electron chi connectivity index (χ3n) is 4.02. The van der Waals surface area contributed by atoms with Crippen LogP contribution in [0.2, 0.25) is 0 Å². The molecule has 0 radical (unpaired) electrons. The Bertz CT molecular complexity index is 904. The van der Waals surface area contributed by atoms with E-state index in [2.05, 4.69) is 5.32 Å². The van der Waals surface area contributed by atoms with Crippen molar-refractivity contribution in [1.82, 2.24) is 0 Å². The Kier molecular flexibility index (Phi) is 6.39. The number of anilines is 1. The van der Waals surface area contributed by atoms with Crippen LogP contribution in [0.1, 0.15) is 29.3 Å². The molecule has 4 nitrogen and oxygen atoms in total. The van der Waals surface area contributed by atoms with Gasteiger partial charge in [-0.25, -0.2) is 4.79 Å². The first-order valence-electron chi connectivity index (χ1n) is 8.87. The first-order chi connectivity index (χ1) is 13.2. The summed E-state index contributed by atoms with van der Waals surface area (Å²) >= 11 is 1.38. The second-order valence-electron chi connectivity index (χ2n) is 5.97. The number of carbonyl (C=O) groups excluding carboxylic acids is 2. The summed E-state index contributed by atoms with van der Waals surface area (Å²) in [6.07, 6.45) is 1.00. The van der Waals surface area contributed by atoms with Gasteiger partial charge >= 0.3 is 5.97 Å². The molecule has 0 aliphatic carbocycles. The second-order valence-corrected chi connectivity index (χ2v) is 7.03. The average Bonchev–Trinajstić information content (AvgIpc) is 3.12. The molecule has 3 rings (SSSR count). The lowest BCUT2D eigenvalue weighted by Crippen LogP contribution is -2.14. The van der Waals surface area contributed by atoms with E-state index in [1.807, 2.05) is 60.7 Å². The smallest absolute Gasteiger partial charge is 0.341 e. The Hall–Kier alpha value is -2.92. The first-order valence-corrected chi connectivity index (χ1v) is 9.69. The zero-order chi connectivity index (χ0) is 19.1. The number of amides is 1. The van der Waals surface area contributed by atoms with E-state index in [0.717, 1.165) is 16.0 Å². The monoisotopic (exact) mass is 379 g/mol. The molecule has 0 aliphatic heterocycles. The molecule has 0 bridgehead atoms. The summed E-state index contributed by atoms with van der Waals surface area (Å²) in [6.45, 7) is 2.05. The number of esters is 1. The Labute approximate surface area is 162 Å². The molecular weight excluding hydrogens is 358 g/mol. The van der Waals surface area contributed by atoms with E-state index in [-0.39, 0.29) is 12.5 Å². The zero-order valence-corrected chi connectivity index (χ0v) is 15.9. The highest BCUT2D eigenvalue weighted by molar-refractivity contribution is 7.20. The lowest BCUT2D eigenvalue weighted by Gasteiger charge is -2.06. The van der Waals surface area contributed by atoms with Gasteiger partial charge in [-0.05, 0) is 30.5 Å². The van der Waals surface area contributed by atoms with Crippen LogP contribution in [0.15, 0.2) is 66.7 Å². The number of rotatable bonds is 7. The van der Waals surface area contributed by atoms with E-state index in [1.54, 1.807) is 13.0 Å². The second kappa shape index (κ2) is 9.14. The Balaban J connectivity index is 1.77. The molecule has 138 valence electrons. The van der Waals surface area contributed by atoms with E-state index in [1.165, 1.54) is 11.3 Å².